The SMILES string of the molecule is Cc1ccc(CN(C(=O)CCCN(c2ccccc2F)S(C)(=O)=O)[C@H](Cc2ccccc2)C(=O)NC(C)(C)C)cc1. The standard InChI is InChI=1S/C32H40FN3O4S/c1-24-17-19-26(20-18-24)23-35(29(31(38)34-32(2,3)4)22-25-12-7-6-8-13-25)30(37)16-11-21-36(41(5,39)40)28-15-10-9-14-27(28)33/h6-10,12-15,17-20,29H,11,16,21-23H2,1-5H3,(H,34,38)/t29-/m1/s1. The van der Waals surface area contributed by atoms with Gasteiger partial charge in [-0.2, -0.15) is 0 Å². The van der Waals surface area contributed by atoms with Crippen LogP contribution in [0.15, 0.2) is 78.9 Å². The Balaban J connectivity index is 1.90. The fraction of sp³-hybridized carbons (Fsp3) is 0.375. The Morgan fingerprint density at radius 1 is 0.902 bits per heavy atom. The van der Waals surface area contributed by atoms with Gasteiger partial charge < -0.3 is 10.2 Å². The third kappa shape index (κ3) is 9.70. The highest BCUT2D eigenvalue weighted by Crippen LogP contribution is 2.23. The van der Waals surface area contributed by atoms with Crippen LogP contribution in [0.4, 0.5) is 10.1 Å². The number of halogens is 1. The van der Waals surface area contributed by atoms with Crippen LogP contribution in [-0.4, -0.2) is 49.5 Å². The first-order valence-corrected chi connectivity index (χ1v) is 15.5. The van der Waals surface area contributed by atoms with E-state index in [4.69, 9.17) is 0 Å². The van der Waals surface area contributed by atoms with E-state index in [0.717, 1.165) is 27.3 Å². The molecule has 0 aromatic heterocycles. The summed E-state index contributed by atoms with van der Waals surface area (Å²) in [6.45, 7) is 7.76. The Morgan fingerprint density at radius 2 is 1.51 bits per heavy atom. The molecule has 1 atom stereocenters. The molecule has 41 heavy (non-hydrogen) atoms. The summed E-state index contributed by atoms with van der Waals surface area (Å²) in [6, 6.07) is 22.1. The van der Waals surface area contributed by atoms with Crippen LogP contribution in [0.1, 0.15) is 50.3 Å². The molecular formula is C32H40FN3O4S. The Bertz CT molecular complexity index is 1420. The van der Waals surface area contributed by atoms with E-state index in [1.54, 1.807) is 11.0 Å². The molecule has 0 aliphatic carbocycles. The topological polar surface area (TPSA) is 86.8 Å². The van der Waals surface area contributed by atoms with Crippen molar-refractivity contribution < 1.29 is 22.4 Å². The minimum Gasteiger partial charge on any atom is -0.350 e. The smallest absolute Gasteiger partial charge is 0.243 e. The lowest BCUT2D eigenvalue weighted by Crippen LogP contribution is -2.54. The molecule has 0 bridgehead atoms. The number of anilines is 1. The predicted octanol–water partition coefficient (Wildman–Crippen LogP) is 5.24. The molecule has 0 saturated heterocycles. The maximum atomic E-state index is 14.5. The number of hydrogen-bond donors (Lipinski definition) is 1. The van der Waals surface area contributed by atoms with Crippen LogP contribution in [0, 0.1) is 12.7 Å². The minimum absolute atomic E-state index is 0.0274. The second kappa shape index (κ2) is 13.8. The molecule has 0 spiro atoms. The highest BCUT2D eigenvalue weighted by Gasteiger charge is 2.32. The van der Waals surface area contributed by atoms with E-state index in [1.165, 1.54) is 18.2 Å². The molecule has 2 amide bonds. The first-order valence-electron chi connectivity index (χ1n) is 13.7. The average Bonchev–Trinajstić information content (AvgIpc) is 2.89. The van der Waals surface area contributed by atoms with Gasteiger partial charge in [0, 0.05) is 31.5 Å². The van der Waals surface area contributed by atoms with Crippen LogP contribution in [0.2, 0.25) is 0 Å². The second-order valence-electron chi connectivity index (χ2n) is 11.3. The Morgan fingerprint density at radius 3 is 2.10 bits per heavy atom. The maximum absolute atomic E-state index is 14.5. The largest absolute Gasteiger partial charge is 0.350 e. The summed E-state index contributed by atoms with van der Waals surface area (Å²) in [6.07, 6.45) is 1.44. The van der Waals surface area contributed by atoms with Gasteiger partial charge in [-0.1, -0.05) is 72.3 Å². The summed E-state index contributed by atoms with van der Waals surface area (Å²) in [4.78, 5) is 29.1. The van der Waals surface area contributed by atoms with Crippen molar-refractivity contribution in [2.24, 2.45) is 0 Å². The number of rotatable bonds is 12. The lowest BCUT2D eigenvalue weighted by atomic mass is 10.00. The summed E-state index contributed by atoms with van der Waals surface area (Å²) in [5.41, 5.74) is 2.28. The van der Waals surface area contributed by atoms with Gasteiger partial charge in [0.25, 0.3) is 0 Å². The molecule has 0 fully saturated rings. The quantitative estimate of drug-likeness (QED) is 0.317. The van der Waals surface area contributed by atoms with Crippen LogP contribution in [0.25, 0.3) is 0 Å². The monoisotopic (exact) mass is 581 g/mol. The molecule has 0 heterocycles. The molecule has 0 aliphatic rings. The van der Waals surface area contributed by atoms with Gasteiger partial charge in [0.1, 0.15) is 11.9 Å². The number of carbonyl (C=O) groups is 2. The van der Waals surface area contributed by atoms with Crippen molar-refractivity contribution in [1.82, 2.24) is 10.2 Å². The molecule has 0 saturated carbocycles. The van der Waals surface area contributed by atoms with Gasteiger partial charge >= 0.3 is 0 Å². The zero-order valence-corrected chi connectivity index (χ0v) is 25.2. The van der Waals surface area contributed by atoms with E-state index in [9.17, 15) is 22.4 Å². The summed E-state index contributed by atoms with van der Waals surface area (Å²) < 4.78 is 40.5. The maximum Gasteiger partial charge on any atom is 0.243 e. The molecule has 3 aromatic rings. The van der Waals surface area contributed by atoms with Crippen molar-refractivity contribution in [3.05, 3.63) is 101 Å². The van der Waals surface area contributed by atoms with Crippen molar-refractivity contribution in [3.63, 3.8) is 0 Å². The predicted molar refractivity (Wildman–Crippen MR) is 161 cm³/mol. The molecular weight excluding hydrogens is 541 g/mol. The van der Waals surface area contributed by atoms with E-state index < -0.39 is 27.4 Å². The fourth-order valence-electron chi connectivity index (χ4n) is 4.53. The summed E-state index contributed by atoms with van der Waals surface area (Å²) in [7, 11) is -3.80. The Kier molecular flexibility index (Phi) is 10.7. The number of nitrogens with one attached hydrogen (secondary N) is 1. The van der Waals surface area contributed by atoms with Crippen LogP contribution >= 0.6 is 0 Å². The number of nitrogens with zero attached hydrogens (tertiary/aromatic N) is 2. The number of carbonyl (C=O) groups excluding carboxylic acids is 2. The van der Waals surface area contributed by atoms with E-state index in [-0.39, 0.29) is 43.4 Å². The summed E-state index contributed by atoms with van der Waals surface area (Å²) in [5, 5.41) is 3.03. The molecule has 0 radical (unpaired) electrons. The van der Waals surface area contributed by atoms with Gasteiger partial charge in [0.15, 0.2) is 0 Å². The van der Waals surface area contributed by atoms with Crippen LogP contribution in [0.5, 0.6) is 0 Å². The number of para-hydroxylation sites is 1. The number of benzene rings is 3. The van der Waals surface area contributed by atoms with Gasteiger partial charge in [0.2, 0.25) is 21.8 Å². The van der Waals surface area contributed by atoms with Gasteiger partial charge in [0.05, 0.1) is 11.9 Å². The van der Waals surface area contributed by atoms with Gasteiger partial charge in [-0.05, 0) is 57.4 Å². The summed E-state index contributed by atoms with van der Waals surface area (Å²) >= 11 is 0. The summed E-state index contributed by atoms with van der Waals surface area (Å²) in [5.74, 6) is -1.23. The number of hydrogen-bond acceptors (Lipinski definition) is 4. The number of amides is 2. The van der Waals surface area contributed by atoms with Gasteiger partial charge in [-0.3, -0.25) is 13.9 Å². The minimum atomic E-state index is -3.80. The number of aryl methyl sites for hydroxylation is 1. The van der Waals surface area contributed by atoms with Crippen LogP contribution in [0.3, 0.4) is 0 Å². The van der Waals surface area contributed by atoms with Gasteiger partial charge in [-0.25, -0.2) is 12.8 Å². The third-order valence-corrected chi connectivity index (χ3v) is 7.70. The molecule has 0 unspecified atom stereocenters. The van der Waals surface area contributed by atoms with Crippen LogP contribution < -0.4 is 9.62 Å². The molecule has 7 nitrogen and oxygen atoms in total. The zero-order valence-electron chi connectivity index (χ0n) is 24.4. The fourth-order valence-corrected chi connectivity index (χ4v) is 5.50. The van der Waals surface area contributed by atoms with Crippen molar-refractivity contribution in [3.8, 4) is 0 Å². The average molecular weight is 582 g/mol. The molecule has 3 aromatic carbocycles. The Hall–Kier alpha value is -3.72. The third-order valence-electron chi connectivity index (χ3n) is 6.52. The molecule has 0 aliphatic heterocycles. The molecule has 220 valence electrons. The lowest BCUT2D eigenvalue weighted by Gasteiger charge is -2.34. The Labute approximate surface area is 243 Å². The van der Waals surface area contributed by atoms with E-state index in [0.29, 0.717) is 6.42 Å². The van der Waals surface area contributed by atoms with E-state index in [1.807, 2.05) is 82.3 Å². The second-order valence-corrected chi connectivity index (χ2v) is 13.2. The van der Waals surface area contributed by atoms with Gasteiger partial charge in [-0.15, -0.1) is 0 Å². The normalized spacial score (nSPS) is 12.4. The molecule has 1 N–H and O–H groups in total. The van der Waals surface area contributed by atoms with Crippen molar-refractivity contribution >= 4 is 27.5 Å². The highest BCUT2D eigenvalue weighted by molar-refractivity contribution is 7.92. The number of sulfonamides is 1. The van der Waals surface area contributed by atoms with E-state index in [2.05, 4.69) is 5.32 Å². The highest BCUT2D eigenvalue weighted by atomic mass is 32.2. The first-order chi connectivity index (χ1) is 19.2. The lowest BCUT2D eigenvalue weighted by molar-refractivity contribution is -0.142. The van der Waals surface area contributed by atoms with Crippen LogP contribution in [-0.2, 0) is 32.6 Å². The van der Waals surface area contributed by atoms with Crippen molar-refractivity contribution in [2.45, 2.75) is 65.1 Å². The first kappa shape index (κ1) is 31.8. The van der Waals surface area contributed by atoms with E-state index >= 15 is 0 Å². The molecule has 3 rings (SSSR count). The molecule has 9 heteroatoms. The van der Waals surface area contributed by atoms with Crippen molar-refractivity contribution in [1.29, 1.82) is 0 Å². The zero-order chi connectivity index (χ0) is 30.2. The van der Waals surface area contributed by atoms with Crippen molar-refractivity contribution in [2.75, 3.05) is 17.1 Å².